The molecule has 5 nitrogen and oxygen atoms in total. The number of ether oxygens (including phenoxy) is 1. The first kappa shape index (κ1) is 20.1. The quantitative estimate of drug-likeness (QED) is 0.405. The molecule has 1 aromatic heterocycles. The molecule has 2 rings (SSSR count). The van der Waals surface area contributed by atoms with Crippen LogP contribution in [0.3, 0.4) is 0 Å². The van der Waals surface area contributed by atoms with Gasteiger partial charge in [-0.05, 0) is 49.7 Å². The van der Waals surface area contributed by atoms with Crippen molar-refractivity contribution < 1.29 is 9.13 Å². The van der Waals surface area contributed by atoms with Crippen LogP contribution in [0.15, 0.2) is 47.6 Å². The molecule has 7 heteroatoms. The smallest absolute Gasteiger partial charge is 0.219 e. The second-order valence-electron chi connectivity index (χ2n) is 4.78. The summed E-state index contributed by atoms with van der Waals surface area (Å²) in [6.07, 6.45) is 1.67. The van der Waals surface area contributed by atoms with Crippen LogP contribution in [0.25, 0.3) is 0 Å². The van der Waals surface area contributed by atoms with E-state index in [9.17, 15) is 4.39 Å². The van der Waals surface area contributed by atoms with Gasteiger partial charge in [0.15, 0.2) is 5.96 Å². The van der Waals surface area contributed by atoms with Gasteiger partial charge in [-0.3, -0.25) is 0 Å². The van der Waals surface area contributed by atoms with E-state index in [0.717, 1.165) is 24.6 Å². The van der Waals surface area contributed by atoms with Gasteiger partial charge in [0.25, 0.3) is 0 Å². The van der Waals surface area contributed by atoms with Crippen molar-refractivity contribution in [3.63, 3.8) is 0 Å². The average Bonchev–Trinajstić information content (AvgIpc) is 2.56. The largest absolute Gasteiger partial charge is 0.439 e. The Hall–Kier alpha value is -1.90. The number of nitrogens with one attached hydrogen (secondary N) is 2. The number of aliphatic imine (C=N–C) groups is 1. The topological polar surface area (TPSA) is 58.5 Å². The molecule has 0 atom stereocenters. The number of hydrogen-bond acceptors (Lipinski definition) is 3. The fourth-order valence-corrected chi connectivity index (χ4v) is 1.91. The monoisotopic (exact) mass is 444 g/mol. The maximum Gasteiger partial charge on any atom is 0.219 e. The number of aromatic nitrogens is 1. The standard InChI is InChI=1S/C17H21FN4O.HI/c1-3-19-17(20-4-2)22-12-13-9-10-21-16(11-13)23-15-7-5-14(18)6-8-15;/h5-11H,3-4,12H2,1-2H3,(H2,19,20,22);1H. The lowest BCUT2D eigenvalue weighted by Crippen LogP contribution is -2.36. The van der Waals surface area contributed by atoms with E-state index in [1.54, 1.807) is 18.3 Å². The number of pyridine rings is 1. The molecule has 0 unspecified atom stereocenters. The van der Waals surface area contributed by atoms with Crippen molar-refractivity contribution in [2.45, 2.75) is 20.4 Å². The lowest BCUT2D eigenvalue weighted by atomic mass is 10.2. The number of hydrogen-bond donors (Lipinski definition) is 2. The molecule has 0 saturated heterocycles. The van der Waals surface area contributed by atoms with E-state index >= 15 is 0 Å². The van der Waals surface area contributed by atoms with Crippen LogP contribution < -0.4 is 15.4 Å². The van der Waals surface area contributed by atoms with Gasteiger partial charge in [0.2, 0.25) is 5.88 Å². The number of guanidine groups is 1. The Morgan fingerprint density at radius 1 is 1.12 bits per heavy atom. The summed E-state index contributed by atoms with van der Waals surface area (Å²) >= 11 is 0. The van der Waals surface area contributed by atoms with Crippen molar-refractivity contribution in [1.29, 1.82) is 0 Å². The predicted molar refractivity (Wildman–Crippen MR) is 105 cm³/mol. The lowest BCUT2D eigenvalue weighted by molar-refractivity contribution is 0.460. The van der Waals surface area contributed by atoms with Crippen molar-refractivity contribution in [3.8, 4) is 11.6 Å². The maximum absolute atomic E-state index is 12.9. The number of nitrogens with zero attached hydrogens (tertiary/aromatic N) is 2. The molecule has 2 aromatic rings. The molecule has 0 aliphatic heterocycles. The van der Waals surface area contributed by atoms with Crippen LogP contribution in [0.1, 0.15) is 19.4 Å². The number of halogens is 2. The van der Waals surface area contributed by atoms with Crippen LogP contribution in [-0.4, -0.2) is 24.0 Å². The van der Waals surface area contributed by atoms with Crippen LogP contribution in [0, 0.1) is 5.82 Å². The van der Waals surface area contributed by atoms with Crippen LogP contribution >= 0.6 is 24.0 Å². The summed E-state index contributed by atoms with van der Waals surface area (Å²) in [6, 6.07) is 9.54. The van der Waals surface area contributed by atoms with E-state index in [1.807, 2.05) is 26.0 Å². The van der Waals surface area contributed by atoms with E-state index in [-0.39, 0.29) is 29.8 Å². The summed E-state index contributed by atoms with van der Waals surface area (Å²) in [6.45, 7) is 6.17. The molecule has 0 bridgehead atoms. The first-order valence-electron chi connectivity index (χ1n) is 7.61. The molecule has 0 spiro atoms. The Bertz CT molecular complexity index is 641. The van der Waals surface area contributed by atoms with E-state index in [1.165, 1.54) is 12.1 Å². The van der Waals surface area contributed by atoms with Crippen molar-refractivity contribution in [2.75, 3.05) is 13.1 Å². The highest BCUT2D eigenvalue weighted by molar-refractivity contribution is 14.0. The minimum atomic E-state index is -0.298. The summed E-state index contributed by atoms with van der Waals surface area (Å²) < 4.78 is 18.5. The van der Waals surface area contributed by atoms with Crippen LogP contribution in [0.4, 0.5) is 4.39 Å². The molecular formula is C17H22FIN4O. The summed E-state index contributed by atoms with van der Waals surface area (Å²) in [5, 5.41) is 6.34. The maximum atomic E-state index is 12.9. The molecule has 0 aliphatic rings. The predicted octanol–water partition coefficient (Wildman–Crippen LogP) is 3.71. The van der Waals surface area contributed by atoms with Gasteiger partial charge in [-0.25, -0.2) is 14.4 Å². The van der Waals surface area contributed by atoms with E-state index in [4.69, 9.17) is 4.74 Å². The van der Waals surface area contributed by atoms with Gasteiger partial charge < -0.3 is 15.4 Å². The highest BCUT2D eigenvalue weighted by atomic mass is 127. The molecule has 1 aromatic carbocycles. The van der Waals surface area contributed by atoms with Crippen LogP contribution in [0.5, 0.6) is 11.6 Å². The molecule has 130 valence electrons. The first-order chi connectivity index (χ1) is 11.2. The van der Waals surface area contributed by atoms with Gasteiger partial charge >= 0.3 is 0 Å². The van der Waals surface area contributed by atoms with Gasteiger partial charge in [-0.2, -0.15) is 0 Å². The SMILES string of the molecule is CCNC(=NCc1ccnc(Oc2ccc(F)cc2)c1)NCC.I. The summed E-state index contributed by atoms with van der Waals surface area (Å²) in [5.74, 6) is 1.47. The molecule has 0 fully saturated rings. The van der Waals surface area contributed by atoms with E-state index < -0.39 is 0 Å². The molecule has 0 saturated carbocycles. The third kappa shape index (κ3) is 6.69. The Balaban J connectivity index is 0.00000288. The fourth-order valence-electron chi connectivity index (χ4n) is 1.91. The van der Waals surface area contributed by atoms with Crippen LogP contribution in [0.2, 0.25) is 0 Å². The van der Waals surface area contributed by atoms with Crippen molar-refractivity contribution in [2.24, 2.45) is 4.99 Å². The Labute approximate surface area is 158 Å². The fraction of sp³-hybridized carbons (Fsp3) is 0.294. The van der Waals surface area contributed by atoms with Crippen molar-refractivity contribution >= 4 is 29.9 Å². The molecule has 0 aliphatic carbocycles. The van der Waals surface area contributed by atoms with Crippen LogP contribution in [-0.2, 0) is 6.54 Å². The average molecular weight is 444 g/mol. The van der Waals surface area contributed by atoms with Crippen molar-refractivity contribution in [3.05, 3.63) is 54.0 Å². The molecule has 2 N–H and O–H groups in total. The van der Waals surface area contributed by atoms with Gasteiger partial charge in [-0.1, -0.05) is 0 Å². The lowest BCUT2D eigenvalue weighted by Gasteiger charge is -2.09. The van der Waals surface area contributed by atoms with E-state index in [0.29, 0.717) is 18.2 Å². The van der Waals surface area contributed by atoms with Gasteiger partial charge in [-0.15, -0.1) is 24.0 Å². The summed E-state index contributed by atoms with van der Waals surface area (Å²) in [4.78, 5) is 8.66. The zero-order valence-corrected chi connectivity index (χ0v) is 16.1. The number of benzene rings is 1. The number of rotatable bonds is 6. The van der Waals surface area contributed by atoms with E-state index in [2.05, 4.69) is 20.6 Å². The Morgan fingerprint density at radius 2 is 1.79 bits per heavy atom. The molecule has 0 amide bonds. The van der Waals surface area contributed by atoms with Gasteiger partial charge in [0, 0.05) is 25.4 Å². The Kier molecular flexibility index (Phi) is 9.06. The molecule has 0 radical (unpaired) electrons. The minimum absolute atomic E-state index is 0. The van der Waals surface area contributed by atoms with Gasteiger partial charge in [0.05, 0.1) is 6.54 Å². The van der Waals surface area contributed by atoms with Crippen molar-refractivity contribution in [1.82, 2.24) is 15.6 Å². The third-order valence-corrected chi connectivity index (χ3v) is 2.94. The highest BCUT2D eigenvalue weighted by Crippen LogP contribution is 2.20. The van der Waals surface area contributed by atoms with Gasteiger partial charge in [0.1, 0.15) is 11.6 Å². The zero-order valence-electron chi connectivity index (χ0n) is 13.8. The minimum Gasteiger partial charge on any atom is -0.439 e. The molecule has 1 heterocycles. The molecular weight excluding hydrogens is 422 g/mol. The second kappa shape index (κ2) is 10.8. The summed E-state index contributed by atoms with van der Waals surface area (Å²) in [7, 11) is 0. The third-order valence-electron chi connectivity index (χ3n) is 2.94. The normalized spacial score (nSPS) is 9.62. The summed E-state index contributed by atoms with van der Waals surface area (Å²) in [5.41, 5.74) is 0.977. The molecule has 24 heavy (non-hydrogen) atoms. The zero-order chi connectivity index (χ0) is 16.5. The Morgan fingerprint density at radius 3 is 2.42 bits per heavy atom. The second-order valence-corrected chi connectivity index (χ2v) is 4.78. The first-order valence-corrected chi connectivity index (χ1v) is 7.61. The highest BCUT2D eigenvalue weighted by Gasteiger charge is 2.02.